The number of ether oxygens (including phenoxy) is 1. The zero-order chi connectivity index (χ0) is 15.4. The number of nitrogens with zero attached hydrogens (tertiary/aromatic N) is 1. The van der Waals surface area contributed by atoms with Gasteiger partial charge in [-0.25, -0.2) is 0 Å². The van der Waals surface area contributed by atoms with Gasteiger partial charge < -0.3 is 9.64 Å². The second-order valence-corrected chi connectivity index (χ2v) is 6.26. The number of benzene rings is 2. The van der Waals surface area contributed by atoms with Crippen LogP contribution in [0.3, 0.4) is 0 Å². The van der Waals surface area contributed by atoms with Crippen molar-refractivity contribution in [3.05, 3.63) is 64.7 Å². The molecule has 22 heavy (non-hydrogen) atoms. The Hall–Kier alpha value is -1.58. The third-order valence-corrected chi connectivity index (χ3v) is 4.56. The molecule has 0 radical (unpaired) electrons. The van der Waals surface area contributed by atoms with Gasteiger partial charge in [-0.05, 0) is 54.8 Å². The molecule has 114 valence electrons. The molecule has 4 heteroatoms. The van der Waals surface area contributed by atoms with Crippen LogP contribution in [0.4, 0.5) is 0 Å². The quantitative estimate of drug-likeness (QED) is 0.754. The second kappa shape index (κ2) is 7.12. The monoisotopic (exact) mass is 331 g/mol. The van der Waals surface area contributed by atoms with Gasteiger partial charge in [-0.1, -0.05) is 36.0 Å². The van der Waals surface area contributed by atoms with Gasteiger partial charge in [-0.2, -0.15) is 0 Å². The Bertz CT molecular complexity index is 633. The third-order valence-electron chi connectivity index (χ3n) is 3.81. The van der Waals surface area contributed by atoms with Crippen LogP contribution in [0.2, 0.25) is 5.02 Å². The van der Waals surface area contributed by atoms with E-state index in [-0.39, 0.29) is 0 Å². The average molecular weight is 332 g/mol. The van der Waals surface area contributed by atoms with E-state index in [1.807, 2.05) is 48.5 Å². The molecule has 1 aliphatic rings. The minimum absolute atomic E-state index is 0.535. The summed E-state index contributed by atoms with van der Waals surface area (Å²) in [5.74, 6) is 0.850. The van der Waals surface area contributed by atoms with Gasteiger partial charge in [0.1, 0.15) is 17.3 Å². The molecule has 0 aromatic heterocycles. The van der Waals surface area contributed by atoms with Crippen molar-refractivity contribution >= 4 is 28.8 Å². The first kappa shape index (κ1) is 15.3. The van der Waals surface area contributed by atoms with E-state index in [9.17, 15) is 0 Å². The van der Waals surface area contributed by atoms with Crippen molar-refractivity contribution in [2.24, 2.45) is 0 Å². The maximum atomic E-state index is 5.87. The van der Waals surface area contributed by atoms with Crippen LogP contribution in [-0.2, 0) is 6.61 Å². The number of rotatable bonds is 4. The zero-order valence-electron chi connectivity index (χ0n) is 12.3. The van der Waals surface area contributed by atoms with Gasteiger partial charge in [0, 0.05) is 23.7 Å². The van der Waals surface area contributed by atoms with E-state index in [1.165, 1.54) is 12.8 Å². The standard InChI is InChI=1S/C18H18ClNOS/c19-16-7-3-14(4-8-16)13-21-17-9-5-15(6-10-17)18(22)20-11-1-2-12-20/h3-10H,1-2,11-13H2. The Kier molecular flexibility index (Phi) is 4.96. The summed E-state index contributed by atoms with van der Waals surface area (Å²) in [5.41, 5.74) is 2.19. The molecule has 2 nitrogen and oxygen atoms in total. The van der Waals surface area contributed by atoms with Crippen LogP contribution in [0.25, 0.3) is 0 Å². The van der Waals surface area contributed by atoms with Crippen molar-refractivity contribution in [2.45, 2.75) is 19.4 Å². The zero-order valence-corrected chi connectivity index (χ0v) is 13.9. The summed E-state index contributed by atoms with van der Waals surface area (Å²) in [6.07, 6.45) is 2.48. The molecule has 0 N–H and O–H groups in total. The molecule has 2 aromatic carbocycles. The van der Waals surface area contributed by atoms with Crippen LogP contribution in [0.1, 0.15) is 24.0 Å². The molecule has 2 aromatic rings. The Balaban J connectivity index is 1.59. The van der Waals surface area contributed by atoms with Gasteiger partial charge in [-0.3, -0.25) is 0 Å². The Morgan fingerprint density at radius 2 is 1.64 bits per heavy atom. The smallest absolute Gasteiger partial charge is 0.119 e. The van der Waals surface area contributed by atoms with Crippen molar-refractivity contribution in [1.29, 1.82) is 0 Å². The number of hydrogen-bond acceptors (Lipinski definition) is 2. The molecule has 1 heterocycles. The summed E-state index contributed by atoms with van der Waals surface area (Å²) < 4.78 is 5.79. The van der Waals surface area contributed by atoms with Gasteiger partial charge in [0.05, 0.1) is 0 Å². The number of hydrogen-bond donors (Lipinski definition) is 0. The van der Waals surface area contributed by atoms with Gasteiger partial charge in [0.25, 0.3) is 0 Å². The number of thiocarbonyl (C=S) groups is 1. The summed E-state index contributed by atoms with van der Waals surface area (Å²) in [4.78, 5) is 3.22. The average Bonchev–Trinajstić information content (AvgIpc) is 3.09. The minimum Gasteiger partial charge on any atom is -0.489 e. The van der Waals surface area contributed by atoms with E-state index in [0.29, 0.717) is 6.61 Å². The van der Waals surface area contributed by atoms with Crippen molar-refractivity contribution in [3.63, 3.8) is 0 Å². The van der Waals surface area contributed by atoms with E-state index in [1.54, 1.807) is 0 Å². The lowest BCUT2D eigenvalue weighted by molar-refractivity contribution is 0.306. The van der Waals surface area contributed by atoms with Crippen molar-refractivity contribution in [2.75, 3.05) is 13.1 Å². The van der Waals surface area contributed by atoms with Crippen LogP contribution < -0.4 is 4.74 Å². The number of halogens is 1. The maximum absolute atomic E-state index is 5.87. The van der Waals surface area contributed by atoms with Crippen LogP contribution >= 0.6 is 23.8 Å². The van der Waals surface area contributed by atoms with Gasteiger partial charge >= 0.3 is 0 Å². The minimum atomic E-state index is 0.535. The lowest BCUT2D eigenvalue weighted by Crippen LogP contribution is -2.26. The molecular formula is C18H18ClNOS. The molecule has 0 saturated carbocycles. The Morgan fingerprint density at radius 3 is 2.27 bits per heavy atom. The largest absolute Gasteiger partial charge is 0.489 e. The third kappa shape index (κ3) is 3.79. The normalized spacial score (nSPS) is 14.1. The predicted molar refractivity (Wildman–Crippen MR) is 94.7 cm³/mol. The van der Waals surface area contributed by atoms with Crippen LogP contribution in [0, 0.1) is 0 Å². The molecule has 1 fully saturated rings. The van der Waals surface area contributed by atoms with Crippen LogP contribution in [0.15, 0.2) is 48.5 Å². The molecule has 0 amide bonds. The van der Waals surface area contributed by atoms with E-state index >= 15 is 0 Å². The summed E-state index contributed by atoms with van der Waals surface area (Å²) in [6, 6.07) is 15.7. The molecule has 0 atom stereocenters. The topological polar surface area (TPSA) is 12.5 Å². The lowest BCUT2D eigenvalue weighted by Gasteiger charge is -2.18. The fourth-order valence-electron chi connectivity index (χ4n) is 2.54. The highest BCUT2D eigenvalue weighted by Crippen LogP contribution is 2.19. The molecule has 3 rings (SSSR count). The molecule has 0 bridgehead atoms. The highest BCUT2D eigenvalue weighted by atomic mass is 35.5. The van der Waals surface area contributed by atoms with Crippen LogP contribution in [-0.4, -0.2) is 23.0 Å². The van der Waals surface area contributed by atoms with E-state index in [2.05, 4.69) is 4.90 Å². The van der Waals surface area contributed by atoms with Crippen molar-refractivity contribution < 1.29 is 4.74 Å². The summed E-state index contributed by atoms with van der Waals surface area (Å²) >= 11 is 11.4. The SMILES string of the molecule is S=C(c1ccc(OCc2ccc(Cl)cc2)cc1)N1CCCC1. The lowest BCUT2D eigenvalue weighted by atomic mass is 10.2. The fourth-order valence-corrected chi connectivity index (χ4v) is 2.99. The highest BCUT2D eigenvalue weighted by molar-refractivity contribution is 7.80. The maximum Gasteiger partial charge on any atom is 0.119 e. The van der Waals surface area contributed by atoms with Crippen LogP contribution in [0.5, 0.6) is 5.75 Å². The van der Waals surface area contributed by atoms with Gasteiger partial charge in [0.2, 0.25) is 0 Å². The summed E-state index contributed by atoms with van der Waals surface area (Å²) in [5, 5.41) is 0.739. The second-order valence-electron chi connectivity index (χ2n) is 5.44. The van der Waals surface area contributed by atoms with E-state index < -0.39 is 0 Å². The first-order valence-corrected chi connectivity index (χ1v) is 8.27. The van der Waals surface area contributed by atoms with Crippen molar-refractivity contribution in [1.82, 2.24) is 4.90 Å². The molecule has 0 unspecified atom stereocenters. The first-order valence-electron chi connectivity index (χ1n) is 7.49. The molecule has 0 spiro atoms. The molecular weight excluding hydrogens is 314 g/mol. The summed E-state index contributed by atoms with van der Waals surface area (Å²) in [6.45, 7) is 2.69. The van der Waals surface area contributed by atoms with Gasteiger partial charge in [0.15, 0.2) is 0 Å². The first-order chi connectivity index (χ1) is 10.7. The Labute approximate surface area is 141 Å². The molecule has 1 saturated heterocycles. The Morgan fingerprint density at radius 1 is 1.00 bits per heavy atom. The van der Waals surface area contributed by atoms with Gasteiger partial charge in [-0.15, -0.1) is 0 Å². The highest BCUT2D eigenvalue weighted by Gasteiger charge is 2.15. The number of likely N-dealkylation sites (tertiary alicyclic amines) is 1. The molecule has 0 aliphatic carbocycles. The predicted octanol–water partition coefficient (Wildman–Crippen LogP) is 4.69. The van der Waals surface area contributed by atoms with E-state index in [0.717, 1.165) is 40.0 Å². The van der Waals surface area contributed by atoms with Crippen molar-refractivity contribution in [3.8, 4) is 5.75 Å². The molecule has 1 aliphatic heterocycles. The summed E-state index contributed by atoms with van der Waals surface area (Å²) in [7, 11) is 0. The fraction of sp³-hybridized carbons (Fsp3) is 0.278. The van der Waals surface area contributed by atoms with E-state index in [4.69, 9.17) is 28.6 Å².